The lowest BCUT2D eigenvalue weighted by Crippen LogP contribution is -2.38. The van der Waals surface area contributed by atoms with Gasteiger partial charge in [-0.2, -0.15) is 0 Å². The third-order valence-electron chi connectivity index (χ3n) is 7.10. The second kappa shape index (κ2) is 9.93. The number of methoxy groups -OCH3 is 2. The number of aryl methyl sites for hydroxylation is 1. The molecule has 8 heteroatoms. The molecule has 3 aliphatic rings. The van der Waals surface area contributed by atoms with E-state index in [9.17, 15) is 9.59 Å². The maximum Gasteiger partial charge on any atom is 0.270 e. The smallest absolute Gasteiger partial charge is 0.270 e. The van der Waals surface area contributed by atoms with Gasteiger partial charge in [-0.3, -0.25) is 9.59 Å². The summed E-state index contributed by atoms with van der Waals surface area (Å²) in [4.78, 5) is 30.4. The van der Waals surface area contributed by atoms with Gasteiger partial charge in [0.25, 0.3) is 5.91 Å². The minimum atomic E-state index is 0.00925. The highest BCUT2D eigenvalue weighted by atomic mass is 79.9. The molecule has 0 atom stereocenters. The molecule has 1 saturated heterocycles. The molecule has 0 radical (unpaired) electrons. The number of carbonyl (C=O) groups is 2. The number of halogens is 1. The Morgan fingerprint density at radius 3 is 2.29 bits per heavy atom. The normalized spacial score (nSPS) is 17.3. The first-order valence-electron chi connectivity index (χ1n) is 12.1. The molecule has 1 aromatic carbocycles. The lowest BCUT2D eigenvalue weighted by molar-refractivity contribution is -0.127. The summed E-state index contributed by atoms with van der Waals surface area (Å²) in [6.07, 6.45) is 9.24. The van der Waals surface area contributed by atoms with Crippen LogP contribution in [0.4, 0.5) is 0 Å². The molecule has 0 unspecified atom stereocenters. The topological polar surface area (TPSA) is 64.0 Å². The van der Waals surface area contributed by atoms with Crippen molar-refractivity contribution < 1.29 is 19.1 Å². The number of hydrogen-bond donors (Lipinski definition) is 0. The van der Waals surface area contributed by atoms with Crippen LogP contribution in [0.1, 0.15) is 35.3 Å². The fourth-order valence-corrected chi connectivity index (χ4v) is 5.89. The number of allylic oxidation sites excluding steroid dienone is 3. The van der Waals surface area contributed by atoms with Gasteiger partial charge in [0.05, 0.1) is 19.9 Å². The Balaban J connectivity index is 1.38. The third kappa shape index (κ3) is 4.40. The minimum Gasteiger partial charge on any atom is -0.493 e. The summed E-state index contributed by atoms with van der Waals surface area (Å²) in [5.41, 5.74) is 4.74. The van der Waals surface area contributed by atoms with E-state index in [2.05, 4.69) is 26.6 Å². The van der Waals surface area contributed by atoms with Gasteiger partial charge in [0.2, 0.25) is 5.91 Å². The van der Waals surface area contributed by atoms with Crippen molar-refractivity contribution in [2.24, 2.45) is 0 Å². The summed E-state index contributed by atoms with van der Waals surface area (Å²) in [5, 5.41) is 0. The number of ether oxygens (including phenoxy) is 2. The Morgan fingerprint density at radius 2 is 1.60 bits per heavy atom. The fourth-order valence-electron chi connectivity index (χ4n) is 5.25. The maximum absolute atomic E-state index is 13.7. The van der Waals surface area contributed by atoms with E-state index in [-0.39, 0.29) is 11.8 Å². The van der Waals surface area contributed by atoms with Crippen molar-refractivity contribution in [1.82, 2.24) is 14.4 Å². The lowest BCUT2D eigenvalue weighted by atomic mass is 9.97. The van der Waals surface area contributed by atoms with Gasteiger partial charge in [0, 0.05) is 48.3 Å². The monoisotopic (exact) mass is 539 g/mol. The predicted octanol–water partition coefficient (Wildman–Crippen LogP) is 4.44. The Kier molecular flexibility index (Phi) is 6.73. The number of carbonyl (C=O) groups excluding carboxylic acids is 2. The van der Waals surface area contributed by atoms with Gasteiger partial charge in [-0.1, -0.05) is 18.2 Å². The standard InChI is InChI=1S/C27H30BrN3O4/c1-34-23-15-19-9-12-31-22(17-21(28)25(31)20(19)16-24(23)35-2)27(33)30-11-6-10-29(13-14-30)26(32)18-7-4-3-5-8-18/h3-4,7,15-17H,5-6,8-14H2,1-2H3. The zero-order valence-corrected chi connectivity index (χ0v) is 21.8. The second-order valence-corrected chi connectivity index (χ2v) is 9.94. The Morgan fingerprint density at radius 1 is 0.886 bits per heavy atom. The highest BCUT2D eigenvalue weighted by Gasteiger charge is 2.30. The Hall–Kier alpha value is -3.00. The Bertz CT molecular complexity index is 1230. The van der Waals surface area contributed by atoms with E-state index in [1.54, 1.807) is 14.2 Å². The van der Waals surface area contributed by atoms with E-state index in [1.807, 2.05) is 40.2 Å². The molecule has 5 rings (SSSR count). The molecular formula is C27H30BrN3O4. The first-order chi connectivity index (χ1) is 17.0. The van der Waals surface area contributed by atoms with Crippen molar-refractivity contribution in [2.75, 3.05) is 40.4 Å². The highest BCUT2D eigenvalue weighted by molar-refractivity contribution is 9.10. The highest BCUT2D eigenvalue weighted by Crippen LogP contribution is 2.42. The SMILES string of the molecule is COc1cc2c(cc1OC)-c1c(Br)cc(C(=O)N3CCCN(C(=O)C4=CC=CCC4)CC3)n1CC2. The van der Waals surface area contributed by atoms with E-state index in [0.29, 0.717) is 49.9 Å². The third-order valence-corrected chi connectivity index (χ3v) is 7.70. The lowest BCUT2D eigenvalue weighted by Gasteiger charge is -2.26. The van der Waals surface area contributed by atoms with Gasteiger partial charge in [-0.25, -0.2) is 0 Å². The van der Waals surface area contributed by atoms with Crippen molar-refractivity contribution in [1.29, 1.82) is 0 Å². The van der Waals surface area contributed by atoms with Crippen molar-refractivity contribution in [3.63, 3.8) is 0 Å². The summed E-state index contributed by atoms with van der Waals surface area (Å²) < 4.78 is 14.0. The molecule has 1 aliphatic carbocycles. The number of benzene rings is 1. The number of rotatable bonds is 4. The molecule has 2 aliphatic heterocycles. The summed E-state index contributed by atoms with van der Waals surface area (Å²) in [7, 11) is 3.27. The average molecular weight is 540 g/mol. The van der Waals surface area contributed by atoms with Crippen LogP contribution in [-0.2, 0) is 17.8 Å². The van der Waals surface area contributed by atoms with Crippen LogP contribution in [0.25, 0.3) is 11.3 Å². The molecule has 2 aromatic rings. The van der Waals surface area contributed by atoms with Crippen LogP contribution in [0.5, 0.6) is 11.5 Å². The molecule has 1 fully saturated rings. The van der Waals surface area contributed by atoms with E-state index < -0.39 is 0 Å². The zero-order chi connectivity index (χ0) is 24.5. The van der Waals surface area contributed by atoms with Crippen LogP contribution in [-0.4, -0.2) is 66.6 Å². The Labute approximate surface area is 214 Å². The first kappa shape index (κ1) is 23.7. The fraction of sp³-hybridized carbons (Fsp3) is 0.407. The van der Waals surface area contributed by atoms with Gasteiger partial charge in [-0.05, 0) is 65.4 Å². The van der Waals surface area contributed by atoms with Crippen molar-refractivity contribution in [3.05, 3.63) is 57.7 Å². The van der Waals surface area contributed by atoms with Crippen molar-refractivity contribution in [3.8, 4) is 22.8 Å². The molecular weight excluding hydrogens is 510 g/mol. The maximum atomic E-state index is 13.7. The number of amides is 2. The van der Waals surface area contributed by atoms with Crippen LogP contribution in [0.3, 0.4) is 0 Å². The summed E-state index contributed by atoms with van der Waals surface area (Å²) in [5.74, 6) is 1.49. The molecule has 7 nitrogen and oxygen atoms in total. The van der Waals surface area contributed by atoms with Crippen molar-refractivity contribution >= 4 is 27.7 Å². The predicted molar refractivity (Wildman–Crippen MR) is 138 cm³/mol. The van der Waals surface area contributed by atoms with Crippen LogP contribution < -0.4 is 9.47 Å². The molecule has 35 heavy (non-hydrogen) atoms. The molecule has 2 amide bonds. The summed E-state index contributed by atoms with van der Waals surface area (Å²) >= 11 is 3.71. The average Bonchev–Trinajstić information content (AvgIpc) is 3.06. The molecule has 0 saturated carbocycles. The van der Waals surface area contributed by atoms with Crippen molar-refractivity contribution in [2.45, 2.75) is 32.2 Å². The molecule has 3 heterocycles. The minimum absolute atomic E-state index is 0.00925. The number of hydrogen-bond acceptors (Lipinski definition) is 4. The molecule has 184 valence electrons. The zero-order valence-electron chi connectivity index (χ0n) is 20.2. The second-order valence-electron chi connectivity index (χ2n) is 9.09. The van der Waals surface area contributed by atoms with Gasteiger partial charge < -0.3 is 23.8 Å². The van der Waals surface area contributed by atoms with Crippen LogP contribution in [0, 0.1) is 0 Å². The number of nitrogens with zero attached hydrogens (tertiary/aromatic N) is 3. The van der Waals surface area contributed by atoms with E-state index in [4.69, 9.17) is 9.47 Å². The van der Waals surface area contributed by atoms with Gasteiger partial charge in [-0.15, -0.1) is 0 Å². The van der Waals surface area contributed by atoms with Crippen LogP contribution in [0.15, 0.2) is 46.5 Å². The van der Waals surface area contributed by atoms with Crippen LogP contribution in [0.2, 0.25) is 0 Å². The van der Waals surface area contributed by atoms with E-state index >= 15 is 0 Å². The molecule has 0 bridgehead atoms. The van der Waals surface area contributed by atoms with Gasteiger partial charge in [0.15, 0.2) is 11.5 Å². The molecule has 1 aromatic heterocycles. The quantitative estimate of drug-likeness (QED) is 0.576. The molecule has 0 N–H and O–H groups in total. The van der Waals surface area contributed by atoms with E-state index in [1.165, 1.54) is 5.56 Å². The van der Waals surface area contributed by atoms with E-state index in [0.717, 1.165) is 47.0 Å². The molecule has 0 spiro atoms. The summed E-state index contributed by atoms with van der Waals surface area (Å²) in [6.45, 7) is 3.12. The first-order valence-corrected chi connectivity index (χ1v) is 12.9. The largest absolute Gasteiger partial charge is 0.493 e. The number of aromatic nitrogens is 1. The summed E-state index contributed by atoms with van der Waals surface area (Å²) in [6, 6.07) is 5.94. The number of fused-ring (bicyclic) bond motifs is 3. The van der Waals surface area contributed by atoms with Crippen LogP contribution >= 0.6 is 15.9 Å². The van der Waals surface area contributed by atoms with Gasteiger partial charge >= 0.3 is 0 Å². The van der Waals surface area contributed by atoms with Gasteiger partial charge in [0.1, 0.15) is 5.69 Å².